The molecule has 5 heteroatoms. The van der Waals surface area contributed by atoms with E-state index in [4.69, 9.17) is 16.3 Å². The zero-order valence-electron chi connectivity index (χ0n) is 13.9. The number of hydrogen-bond acceptors (Lipinski definition) is 2. The van der Waals surface area contributed by atoms with Gasteiger partial charge in [-0.25, -0.2) is 4.79 Å². The molecule has 24 heavy (non-hydrogen) atoms. The highest BCUT2D eigenvalue weighted by molar-refractivity contribution is 6.30. The van der Waals surface area contributed by atoms with Crippen LogP contribution in [0.3, 0.4) is 0 Å². The lowest BCUT2D eigenvalue weighted by Gasteiger charge is -2.50. The molecule has 2 aliphatic rings. The molecular weight excluding hydrogens is 324 g/mol. The molecule has 0 radical (unpaired) electrons. The molecule has 2 aliphatic heterocycles. The molecule has 4 nitrogen and oxygen atoms in total. The van der Waals surface area contributed by atoms with Crippen LogP contribution in [0, 0.1) is 13.8 Å². The number of aryl methyl sites for hydroxylation is 2. The fraction of sp³-hybridized carbons (Fsp3) is 0.316. The van der Waals surface area contributed by atoms with E-state index in [0.29, 0.717) is 11.4 Å². The zero-order chi connectivity index (χ0) is 17.1. The van der Waals surface area contributed by atoms with Gasteiger partial charge in [0, 0.05) is 22.7 Å². The molecule has 0 aromatic heterocycles. The van der Waals surface area contributed by atoms with Gasteiger partial charge in [-0.2, -0.15) is 0 Å². The van der Waals surface area contributed by atoms with E-state index in [1.807, 2.05) is 51.1 Å². The number of rotatable bonds is 1. The number of anilines is 1. The van der Waals surface area contributed by atoms with Crippen molar-refractivity contribution in [2.45, 2.75) is 39.0 Å². The average Bonchev–Trinajstić information content (AvgIpc) is 2.46. The SMILES string of the molecule is Cc1cc(C)cc(N2C(=O)NC3CC2(C)Oc2ccc(Cl)cc23)c1. The maximum atomic E-state index is 12.8. The fourth-order valence-corrected chi connectivity index (χ4v) is 4.00. The maximum absolute atomic E-state index is 12.8. The largest absolute Gasteiger partial charge is 0.467 e. The molecule has 1 fully saturated rings. The predicted octanol–water partition coefficient (Wildman–Crippen LogP) is 4.73. The van der Waals surface area contributed by atoms with Crippen LogP contribution in [0.4, 0.5) is 10.5 Å². The molecule has 1 saturated heterocycles. The highest BCUT2D eigenvalue weighted by Crippen LogP contribution is 2.46. The summed E-state index contributed by atoms with van der Waals surface area (Å²) in [6.45, 7) is 6.03. The Morgan fingerprint density at radius 3 is 2.62 bits per heavy atom. The van der Waals surface area contributed by atoms with E-state index in [1.54, 1.807) is 4.90 Å². The summed E-state index contributed by atoms with van der Waals surface area (Å²) >= 11 is 6.11. The van der Waals surface area contributed by atoms with Crippen LogP contribution in [-0.4, -0.2) is 11.8 Å². The molecule has 0 aliphatic carbocycles. The molecule has 124 valence electrons. The number of hydrogen-bond donors (Lipinski definition) is 1. The van der Waals surface area contributed by atoms with E-state index in [0.717, 1.165) is 28.1 Å². The van der Waals surface area contributed by atoms with Crippen LogP contribution in [0.1, 0.15) is 36.1 Å². The van der Waals surface area contributed by atoms with Crippen molar-refractivity contribution < 1.29 is 9.53 Å². The topological polar surface area (TPSA) is 41.6 Å². The van der Waals surface area contributed by atoms with Gasteiger partial charge in [0.05, 0.1) is 6.04 Å². The molecule has 2 aromatic carbocycles. The zero-order valence-corrected chi connectivity index (χ0v) is 14.6. The van der Waals surface area contributed by atoms with Crippen LogP contribution in [-0.2, 0) is 0 Å². The third kappa shape index (κ3) is 2.33. The number of amides is 2. The molecule has 4 rings (SSSR count). The highest BCUT2D eigenvalue weighted by Gasteiger charge is 2.49. The van der Waals surface area contributed by atoms with Crippen LogP contribution in [0.25, 0.3) is 0 Å². The smallest absolute Gasteiger partial charge is 0.325 e. The van der Waals surface area contributed by atoms with Crippen molar-refractivity contribution in [1.82, 2.24) is 5.32 Å². The summed E-state index contributed by atoms with van der Waals surface area (Å²) in [5, 5.41) is 3.74. The number of benzene rings is 2. The number of carbonyl (C=O) groups is 1. The maximum Gasteiger partial charge on any atom is 0.325 e. The minimum absolute atomic E-state index is 0.0906. The van der Waals surface area contributed by atoms with Crippen LogP contribution >= 0.6 is 11.6 Å². The Balaban J connectivity index is 1.82. The van der Waals surface area contributed by atoms with E-state index in [9.17, 15) is 4.79 Å². The van der Waals surface area contributed by atoms with Gasteiger partial charge < -0.3 is 10.1 Å². The van der Waals surface area contributed by atoms with Crippen molar-refractivity contribution in [3.8, 4) is 5.75 Å². The van der Waals surface area contributed by atoms with Crippen molar-refractivity contribution in [3.05, 3.63) is 58.1 Å². The Morgan fingerprint density at radius 1 is 1.21 bits per heavy atom. The van der Waals surface area contributed by atoms with Gasteiger partial charge in [0.1, 0.15) is 5.75 Å². The van der Waals surface area contributed by atoms with Gasteiger partial charge in [-0.05, 0) is 62.2 Å². The Labute approximate surface area is 146 Å². The van der Waals surface area contributed by atoms with Gasteiger partial charge in [0.2, 0.25) is 0 Å². The molecule has 2 amide bonds. The molecule has 2 heterocycles. The van der Waals surface area contributed by atoms with E-state index >= 15 is 0 Å². The monoisotopic (exact) mass is 342 g/mol. The summed E-state index contributed by atoms with van der Waals surface area (Å²) in [4.78, 5) is 14.6. The summed E-state index contributed by atoms with van der Waals surface area (Å²) < 4.78 is 6.27. The lowest BCUT2D eigenvalue weighted by Crippen LogP contribution is -2.65. The van der Waals surface area contributed by atoms with Gasteiger partial charge in [0.25, 0.3) is 0 Å². The minimum atomic E-state index is -0.728. The summed E-state index contributed by atoms with van der Waals surface area (Å²) in [6, 6.07) is 11.4. The molecule has 0 saturated carbocycles. The second-order valence-corrected chi connectivity index (χ2v) is 7.28. The first kappa shape index (κ1) is 15.3. The number of nitrogens with zero attached hydrogens (tertiary/aromatic N) is 1. The van der Waals surface area contributed by atoms with Crippen LogP contribution in [0.5, 0.6) is 5.75 Å². The second kappa shape index (κ2) is 5.15. The summed E-state index contributed by atoms with van der Waals surface area (Å²) in [7, 11) is 0. The molecule has 2 atom stereocenters. The standard InChI is InChI=1S/C19H19ClN2O2/c1-11-6-12(2)8-14(7-11)22-18(23)21-16-10-19(22,3)24-17-5-4-13(20)9-15(16)17/h4-9,16H,10H2,1-3H3,(H,21,23). The molecule has 0 spiro atoms. The molecule has 1 N–H and O–H groups in total. The summed E-state index contributed by atoms with van der Waals surface area (Å²) in [5.74, 6) is 0.771. The van der Waals surface area contributed by atoms with Crippen LogP contribution in [0.15, 0.2) is 36.4 Å². The first-order valence-electron chi connectivity index (χ1n) is 8.03. The van der Waals surface area contributed by atoms with E-state index < -0.39 is 5.72 Å². The molecular formula is C19H19ClN2O2. The second-order valence-electron chi connectivity index (χ2n) is 6.85. The van der Waals surface area contributed by atoms with Crippen molar-refractivity contribution in [3.63, 3.8) is 0 Å². The Morgan fingerprint density at radius 2 is 1.92 bits per heavy atom. The predicted molar refractivity (Wildman–Crippen MR) is 94.8 cm³/mol. The number of fused-ring (bicyclic) bond motifs is 4. The fourth-order valence-electron chi connectivity index (χ4n) is 3.82. The van der Waals surface area contributed by atoms with Crippen LogP contribution < -0.4 is 15.0 Å². The van der Waals surface area contributed by atoms with Gasteiger partial charge in [-0.1, -0.05) is 17.7 Å². The Hall–Kier alpha value is -2.20. The third-order valence-electron chi connectivity index (χ3n) is 4.70. The first-order chi connectivity index (χ1) is 11.4. The summed E-state index contributed by atoms with van der Waals surface area (Å²) in [5.41, 5.74) is 3.29. The molecule has 2 unspecified atom stereocenters. The third-order valence-corrected chi connectivity index (χ3v) is 4.93. The molecule has 2 bridgehead atoms. The number of ether oxygens (including phenoxy) is 1. The van der Waals surface area contributed by atoms with Gasteiger partial charge in [0.15, 0.2) is 5.72 Å². The first-order valence-corrected chi connectivity index (χ1v) is 8.41. The highest BCUT2D eigenvalue weighted by atomic mass is 35.5. The minimum Gasteiger partial charge on any atom is -0.467 e. The van der Waals surface area contributed by atoms with Crippen molar-refractivity contribution in [2.75, 3.05) is 4.90 Å². The van der Waals surface area contributed by atoms with Gasteiger partial charge in [-0.3, -0.25) is 4.90 Å². The van der Waals surface area contributed by atoms with Crippen molar-refractivity contribution in [2.24, 2.45) is 0 Å². The number of urea groups is 1. The van der Waals surface area contributed by atoms with E-state index in [-0.39, 0.29) is 12.1 Å². The van der Waals surface area contributed by atoms with E-state index in [1.165, 1.54) is 0 Å². The molecule has 2 aromatic rings. The average molecular weight is 343 g/mol. The van der Waals surface area contributed by atoms with Gasteiger partial charge >= 0.3 is 6.03 Å². The van der Waals surface area contributed by atoms with E-state index in [2.05, 4.69) is 11.4 Å². The van der Waals surface area contributed by atoms with Crippen molar-refractivity contribution in [1.29, 1.82) is 0 Å². The lowest BCUT2D eigenvalue weighted by molar-refractivity contribution is 0.0379. The van der Waals surface area contributed by atoms with Crippen molar-refractivity contribution >= 4 is 23.3 Å². The lowest BCUT2D eigenvalue weighted by atomic mass is 9.90. The Bertz CT molecular complexity index is 831. The Kier molecular flexibility index (Phi) is 3.29. The number of nitrogens with one attached hydrogen (secondary N) is 1. The van der Waals surface area contributed by atoms with Crippen LogP contribution in [0.2, 0.25) is 5.02 Å². The van der Waals surface area contributed by atoms with Gasteiger partial charge in [-0.15, -0.1) is 0 Å². The quantitative estimate of drug-likeness (QED) is 0.814. The number of halogens is 1. The normalized spacial score (nSPS) is 24.9. The number of carbonyl (C=O) groups excluding carboxylic acids is 1. The summed E-state index contributed by atoms with van der Waals surface area (Å²) in [6.07, 6.45) is 0.666.